The molecule has 0 N–H and O–H groups in total. The lowest BCUT2D eigenvalue weighted by Gasteiger charge is -2.26. The molecule has 2 aromatic heterocycles. The summed E-state index contributed by atoms with van der Waals surface area (Å²) in [4.78, 5) is 8.12. The van der Waals surface area contributed by atoms with Crippen molar-refractivity contribution in [2.45, 2.75) is 64.2 Å². The van der Waals surface area contributed by atoms with Gasteiger partial charge in [-0.2, -0.15) is 9.37 Å². The van der Waals surface area contributed by atoms with E-state index in [0.29, 0.717) is 17.4 Å². The van der Waals surface area contributed by atoms with Gasteiger partial charge in [0, 0.05) is 12.1 Å². The van der Waals surface area contributed by atoms with Gasteiger partial charge in [0.25, 0.3) is 5.89 Å². The Kier molecular flexibility index (Phi) is 5.36. The van der Waals surface area contributed by atoms with E-state index in [0.717, 1.165) is 24.6 Å². The van der Waals surface area contributed by atoms with Gasteiger partial charge in [0.15, 0.2) is 5.82 Å². The Bertz CT molecular complexity index is 603. The second kappa shape index (κ2) is 7.66. The Labute approximate surface area is 136 Å². The van der Waals surface area contributed by atoms with E-state index in [2.05, 4.69) is 22.0 Å². The summed E-state index contributed by atoms with van der Waals surface area (Å²) in [6, 6.07) is 2.92. The largest absolute Gasteiger partial charge is 0.334 e. The topological polar surface area (TPSA) is 51.8 Å². The molecule has 0 unspecified atom stereocenters. The van der Waals surface area contributed by atoms with Gasteiger partial charge in [-0.15, -0.1) is 0 Å². The van der Waals surface area contributed by atoms with E-state index < -0.39 is 5.95 Å². The Morgan fingerprint density at radius 3 is 2.70 bits per heavy atom. The maximum atomic E-state index is 12.9. The van der Waals surface area contributed by atoms with Crippen LogP contribution in [0.4, 0.5) is 4.39 Å². The molecule has 124 valence electrons. The monoisotopic (exact) mass is 317 g/mol. The fourth-order valence-corrected chi connectivity index (χ4v) is 3.41. The zero-order chi connectivity index (χ0) is 16.1. The molecule has 0 radical (unpaired) electrons. The van der Waals surface area contributed by atoms with Crippen molar-refractivity contribution in [3.8, 4) is 11.5 Å². The van der Waals surface area contributed by atoms with Gasteiger partial charge >= 0.3 is 0 Å². The van der Waals surface area contributed by atoms with Gasteiger partial charge < -0.3 is 4.52 Å². The van der Waals surface area contributed by atoms with Gasteiger partial charge in [-0.05, 0) is 43.7 Å². The number of halogens is 1. The zero-order valence-corrected chi connectivity index (χ0v) is 13.7. The number of rotatable bonds is 6. The van der Waals surface area contributed by atoms with Crippen molar-refractivity contribution in [1.82, 2.24) is 15.1 Å². The van der Waals surface area contributed by atoms with Gasteiger partial charge in [-0.1, -0.05) is 37.8 Å². The summed E-state index contributed by atoms with van der Waals surface area (Å²) >= 11 is 0. The lowest BCUT2D eigenvalue weighted by atomic mass is 9.79. The fraction of sp³-hybridized carbons (Fsp3) is 0.611. The predicted molar refractivity (Wildman–Crippen MR) is 86.3 cm³/mol. The first-order valence-electron chi connectivity index (χ1n) is 8.71. The van der Waals surface area contributed by atoms with E-state index in [9.17, 15) is 4.39 Å². The van der Waals surface area contributed by atoms with Crippen LogP contribution in [0.25, 0.3) is 11.5 Å². The molecular weight excluding hydrogens is 293 g/mol. The van der Waals surface area contributed by atoms with Crippen LogP contribution in [0.2, 0.25) is 0 Å². The second-order valence-electron chi connectivity index (χ2n) is 6.54. The standard InChI is InChI=1S/C18H24FN3O/c1-2-3-4-5-13-6-8-14(9-7-13)17-21-18(23-22-17)15-10-11-16(19)20-12-15/h10-14H,2-9H2,1H3/t13-,14-. The third-order valence-electron chi connectivity index (χ3n) is 4.84. The first kappa shape index (κ1) is 16.1. The molecule has 0 aromatic carbocycles. The molecule has 1 saturated carbocycles. The molecule has 23 heavy (non-hydrogen) atoms. The number of unbranched alkanes of at least 4 members (excludes halogenated alkanes) is 2. The molecule has 1 fully saturated rings. The van der Waals surface area contributed by atoms with E-state index in [-0.39, 0.29) is 0 Å². The summed E-state index contributed by atoms with van der Waals surface area (Å²) in [5.41, 5.74) is 0.665. The van der Waals surface area contributed by atoms with Gasteiger partial charge in [0.05, 0.1) is 5.56 Å². The molecule has 0 amide bonds. The van der Waals surface area contributed by atoms with Crippen LogP contribution in [0, 0.1) is 11.9 Å². The highest BCUT2D eigenvalue weighted by atomic mass is 19.1. The quantitative estimate of drug-likeness (QED) is 0.548. The lowest BCUT2D eigenvalue weighted by molar-refractivity contribution is 0.292. The van der Waals surface area contributed by atoms with Crippen LogP contribution in [0.3, 0.4) is 0 Å². The average Bonchev–Trinajstić information content (AvgIpc) is 3.06. The molecule has 1 aliphatic rings. The molecule has 1 aliphatic carbocycles. The Morgan fingerprint density at radius 1 is 1.17 bits per heavy atom. The number of pyridine rings is 1. The number of hydrogen-bond donors (Lipinski definition) is 0. The van der Waals surface area contributed by atoms with Crippen LogP contribution in [-0.2, 0) is 0 Å². The molecule has 0 saturated heterocycles. The van der Waals surface area contributed by atoms with E-state index in [4.69, 9.17) is 4.52 Å². The number of hydrogen-bond acceptors (Lipinski definition) is 4. The minimum atomic E-state index is -0.505. The summed E-state index contributed by atoms with van der Waals surface area (Å²) in [6.45, 7) is 2.25. The van der Waals surface area contributed by atoms with Crippen molar-refractivity contribution in [3.63, 3.8) is 0 Å². The molecule has 4 nitrogen and oxygen atoms in total. The molecule has 2 heterocycles. The SMILES string of the molecule is CCCCC[C@H]1CC[C@H](c2noc(-c3ccc(F)nc3)n2)CC1. The molecule has 0 atom stereocenters. The van der Waals surface area contributed by atoms with Crippen LogP contribution in [0.5, 0.6) is 0 Å². The molecule has 5 heteroatoms. The maximum Gasteiger partial charge on any atom is 0.259 e. The van der Waals surface area contributed by atoms with Gasteiger partial charge in [-0.25, -0.2) is 4.98 Å². The van der Waals surface area contributed by atoms with E-state index in [1.165, 1.54) is 50.8 Å². The van der Waals surface area contributed by atoms with Crippen LogP contribution in [0.1, 0.15) is 70.0 Å². The van der Waals surface area contributed by atoms with Crippen LogP contribution in [-0.4, -0.2) is 15.1 Å². The van der Waals surface area contributed by atoms with Gasteiger partial charge in [0.2, 0.25) is 5.95 Å². The Morgan fingerprint density at radius 2 is 2.00 bits per heavy atom. The summed E-state index contributed by atoms with van der Waals surface area (Å²) in [5.74, 6) is 1.97. The highest BCUT2D eigenvalue weighted by Gasteiger charge is 2.25. The maximum absolute atomic E-state index is 12.9. The first-order chi connectivity index (χ1) is 11.3. The van der Waals surface area contributed by atoms with E-state index >= 15 is 0 Å². The van der Waals surface area contributed by atoms with Gasteiger partial charge in [0.1, 0.15) is 0 Å². The van der Waals surface area contributed by atoms with E-state index in [1.54, 1.807) is 6.07 Å². The number of aromatic nitrogens is 3. The van der Waals surface area contributed by atoms with Crippen molar-refractivity contribution in [3.05, 3.63) is 30.1 Å². The lowest BCUT2D eigenvalue weighted by Crippen LogP contribution is -2.14. The summed E-state index contributed by atoms with van der Waals surface area (Å²) < 4.78 is 18.2. The van der Waals surface area contributed by atoms with Crippen molar-refractivity contribution >= 4 is 0 Å². The summed E-state index contributed by atoms with van der Waals surface area (Å²) in [5, 5.41) is 4.13. The molecule has 0 spiro atoms. The fourth-order valence-electron chi connectivity index (χ4n) is 3.41. The van der Waals surface area contributed by atoms with Crippen LogP contribution < -0.4 is 0 Å². The summed E-state index contributed by atoms with van der Waals surface area (Å²) in [6.07, 6.45) is 11.6. The average molecular weight is 317 g/mol. The van der Waals surface area contributed by atoms with Crippen LogP contribution in [0.15, 0.2) is 22.9 Å². The predicted octanol–water partition coefficient (Wildman–Crippen LogP) is 5.12. The molecule has 0 bridgehead atoms. The zero-order valence-electron chi connectivity index (χ0n) is 13.7. The molecular formula is C18H24FN3O. The first-order valence-corrected chi connectivity index (χ1v) is 8.71. The third-order valence-corrected chi connectivity index (χ3v) is 4.84. The highest BCUT2D eigenvalue weighted by Crippen LogP contribution is 2.37. The number of nitrogens with zero attached hydrogens (tertiary/aromatic N) is 3. The normalized spacial score (nSPS) is 21.5. The Balaban J connectivity index is 1.56. The Hall–Kier alpha value is -1.78. The summed E-state index contributed by atoms with van der Waals surface area (Å²) in [7, 11) is 0. The highest BCUT2D eigenvalue weighted by molar-refractivity contribution is 5.50. The third kappa shape index (κ3) is 4.15. The smallest absolute Gasteiger partial charge is 0.259 e. The van der Waals surface area contributed by atoms with Crippen molar-refractivity contribution in [2.75, 3.05) is 0 Å². The van der Waals surface area contributed by atoms with Gasteiger partial charge in [-0.3, -0.25) is 0 Å². The van der Waals surface area contributed by atoms with Crippen molar-refractivity contribution in [1.29, 1.82) is 0 Å². The van der Waals surface area contributed by atoms with E-state index in [1.807, 2.05) is 0 Å². The second-order valence-corrected chi connectivity index (χ2v) is 6.54. The van der Waals surface area contributed by atoms with Crippen LogP contribution >= 0.6 is 0 Å². The van der Waals surface area contributed by atoms with Crippen molar-refractivity contribution < 1.29 is 8.91 Å². The minimum Gasteiger partial charge on any atom is -0.334 e. The molecule has 0 aliphatic heterocycles. The van der Waals surface area contributed by atoms with Crippen molar-refractivity contribution in [2.24, 2.45) is 5.92 Å². The molecule has 3 rings (SSSR count). The minimum absolute atomic E-state index is 0.392. The molecule has 2 aromatic rings.